The van der Waals surface area contributed by atoms with E-state index in [-0.39, 0.29) is 5.92 Å². The topological polar surface area (TPSA) is 105 Å². The first-order valence-corrected chi connectivity index (χ1v) is 5.17. The van der Waals surface area contributed by atoms with Gasteiger partial charge in [0.15, 0.2) is 0 Å². The Morgan fingerprint density at radius 2 is 2.35 bits per heavy atom. The molecule has 0 radical (unpaired) electrons. The van der Waals surface area contributed by atoms with Crippen LogP contribution in [0.25, 0.3) is 11.4 Å². The number of aromatic amines is 1. The number of hydrogen-bond acceptors (Lipinski definition) is 5. The Bertz CT molecular complexity index is 565. The summed E-state index contributed by atoms with van der Waals surface area (Å²) in [6.45, 7) is 0. The second-order valence-corrected chi connectivity index (χ2v) is 3.97. The number of hydrogen-bond donors (Lipinski definition) is 2. The van der Waals surface area contributed by atoms with Crippen molar-refractivity contribution in [2.75, 3.05) is 0 Å². The lowest BCUT2D eigenvalue weighted by Gasteiger charge is -2.01. The van der Waals surface area contributed by atoms with Gasteiger partial charge in [-0.2, -0.15) is 5.10 Å². The summed E-state index contributed by atoms with van der Waals surface area (Å²) in [6.07, 6.45) is 3.88. The van der Waals surface area contributed by atoms with Crippen LogP contribution in [0.4, 0.5) is 0 Å². The molecule has 0 bridgehead atoms. The summed E-state index contributed by atoms with van der Waals surface area (Å²) in [6, 6.07) is 0. The third kappa shape index (κ3) is 1.55. The Morgan fingerprint density at radius 1 is 1.47 bits per heavy atom. The standard InChI is InChI=1S/C10H9N5O2/c16-10(17)5-1-6-7(2-5)14-15-9(6)8-3-11-4-12-13-8/h3-5H,1-2H2,(H,14,15)(H,16,17). The normalized spacial score (nSPS) is 18.0. The summed E-state index contributed by atoms with van der Waals surface area (Å²) in [5.74, 6) is -1.15. The van der Waals surface area contributed by atoms with E-state index >= 15 is 0 Å². The van der Waals surface area contributed by atoms with Crippen molar-refractivity contribution in [3.05, 3.63) is 23.8 Å². The fraction of sp³-hybridized carbons (Fsp3) is 0.300. The van der Waals surface area contributed by atoms with E-state index in [1.54, 1.807) is 6.20 Å². The van der Waals surface area contributed by atoms with Crippen molar-refractivity contribution < 1.29 is 9.90 Å². The average Bonchev–Trinajstić information content (AvgIpc) is 2.89. The van der Waals surface area contributed by atoms with Gasteiger partial charge in [-0.1, -0.05) is 0 Å². The first kappa shape index (κ1) is 9.88. The quantitative estimate of drug-likeness (QED) is 0.757. The molecule has 1 atom stereocenters. The Balaban J connectivity index is 1.99. The first-order valence-electron chi connectivity index (χ1n) is 5.17. The number of nitrogens with zero attached hydrogens (tertiary/aromatic N) is 4. The van der Waals surface area contributed by atoms with Crippen LogP contribution in [0.15, 0.2) is 12.5 Å². The maximum absolute atomic E-state index is 10.9. The Morgan fingerprint density at radius 3 is 3.06 bits per heavy atom. The summed E-state index contributed by atoms with van der Waals surface area (Å²) in [7, 11) is 0. The number of aliphatic carboxylic acids is 1. The highest BCUT2D eigenvalue weighted by Gasteiger charge is 2.31. The highest BCUT2D eigenvalue weighted by atomic mass is 16.4. The molecule has 1 unspecified atom stereocenters. The molecule has 17 heavy (non-hydrogen) atoms. The molecular weight excluding hydrogens is 222 g/mol. The Kier molecular flexibility index (Phi) is 2.10. The predicted octanol–water partition coefficient (Wildman–Crippen LogP) is 0.0611. The third-order valence-corrected chi connectivity index (χ3v) is 2.93. The van der Waals surface area contributed by atoms with E-state index in [1.807, 2.05) is 0 Å². The fourth-order valence-corrected chi connectivity index (χ4v) is 2.10. The molecule has 0 saturated heterocycles. The van der Waals surface area contributed by atoms with Crippen LogP contribution < -0.4 is 0 Å². The summed E-state index contributed by atoms with van der Waals surface area (Å²) in [5, 5.41) is 23.6. The summed E-state index contributed by atoms with van der Waals surface area (Å²) >= 11 is 0. The van der Waals surface area contributed by atoms with Gasteiger partial charge in [0.25, 0.3) is 0 Å². The zero-order valence-corrected chi connectivity index (χ0v) is 8.79. The van der Waals surface area contributed by atoms with Gasteiger partial charge in [0, 0.05) is 17.7 Å². The van der Waals surface area contributed by atoms with Crippen LogP contribution in [-0.2, 0) is 17.6 Å². The minimum absolute atomic E-state index is 0.373. The van der Waals surface area contributed by atoms with Gasteiger partial charge in [0.05, 0.1) is 12.1 Å². The SMILES string of the molecule is O=C(O)C1Cc2[nH]nc(-c3cncnn3)c2C1. The first-order chi connectivity index (χ1) is 8.25. The molecule has 7 heteroatoms. The molecule has 2 aromatic rings. The van der Waals surface area contributed by atoms with Crippen LogP contribution in [0.3, 0.4) is 0 Å². The largest absolute Gasteiger partial charge is 0.481 e. The van der Waals surface area contributed by atoms with Gasteiger partial charge >= 0.3 is 5.97 Å². The number of carboxylic acids is 1. The molecule has 0 aliphatic heterocycles. The number of fused-ring (bicyclic) bond motifs is 1. The van der Waals surface area contributed by atoms with Crippen molar-refractivity contribution in [3.63, 3.8) is 0 Å². The van der Waals surface area contributed by atoms with Crippen LogP contribution >= 0.6 is 0 Å². The monoisotopic (exact) mass is 231 g/mol. The smallest absolute Gasteiger partial charge is 0.307 e. The third-order valence-electron chi connectivity index (χ3n) is 2.93. The number of nitrogens with one attached hydrogen (secondary N) is 1. The van der Waals surface area contributed by atoms with E-state index in [9.17, 15) is 4.79 Å². The van der Waals surface area contributed by atoms with E-state index in [2.05, 4.69) is 25.4 Å². The van der Waals surface area contributed by atoms with Crippen molar-refractivity contribution in [3.8, 4) is 11.4 Å². The highest BCUT2D eigenvalue weighted by molar-refractivity contribution is 5.73. The zero-order valence-electron chi connectivity index (χ0n) is 8.79. The molecule has 3 rings (SSSR count). The van der Waals surface area contributed by atoms with Gasteiger partial charge in [-0.25, -0.2) is 4.98 Å². The molecule has 0 amide bonds. The lowest BCUT2D eigenvalue weighted by molar-refractivity contribution is -0.141. The number of carboxylic acid groups (broad SMARTS) is 1. The lowest BCUT2D eigenvalue weighted by atomic mass is 10.1. The second-order valence-electron chi connectivity index (χ2n) is 3.97. The van der Waals surface area contributed by atoms with Crippen LogP contribution in [0.5, 0.6) is 0 Å². The molecule has 0 saturated carbocycles. The van der Waals surface area contributed by atoms with Gasteiger partial charge in [0.2, 0.25) is 0 Å². The van der Waals surface area contributed by atoms with Crippen LogP contribution in [0.1, 0.15) is 11.3 Å². The molecule has 2 heterocycles. The number of H-pyrrole nitrogens is 1. The summed E-state index contributed by atoms with van der Waals surface area (Å²) in [4.78, 5) is 14.8. The van der Waals surface area contributed by atoms with Gasteiger partial charge in [-0.3, -0.25) is 9.89 Å². The van der Waals surface area contributed by atoms with Crippen molar-refractivity contribution >= 4 is 5.97 Å². The summed E-state index contributed by atoms with van der Waals surface area (Å²) in [5.41, 5.74) is 3.01. The zero-order chi connectivity index (χ0) is 11.8. The van der Waals surface area contributed by atoms with E-state index in [4.69, 9.17) is 5.11 Å². The molecule has 0 fully saturated rings. The molecule has 2 aromatic heterocycles. The maximum atomic E-state index is 10.9. The molecule has 2 N–H and O–H groups in total. The van der Waals surface area contributed by atoms with Crippen molar-refractivity contribution in [1.82, 2.24) is 25.4 Å². The Hall–Kier alpha value is -2.31. The lowest BCUT2D eigenvalue weighted by Crippen LogP contribution is -2.13. The molecule has 7 nitrogen and oxygen atoms in total. The van der Waals surface area contributed by atoms with Crippen molar-refractivity contribution in [2.24, 2.45) is 5.92 Å². The van der Waals surface area contributed by atoms with Gasteiger partial charge < -0.3 is 5.11 Å². The number of rotatable bonds is 2. The molecule has 0 aromatic carbocycles. The van der Waals surface area contributed by atoms with E-state index in [0.717, 1.165) is 11.3 Å². The molecule has 1 aliphatic rings. The molecule has 0 spiro atoms. The minimum Gasteiger partial charge on any atom is -0.481 e. The predicted molar refractivity (Wildman–Crippen MR) is 55.9 cm³/mol. The van der Waals surface area contributed by atoms with E-state index < -0.39 is 5.97 Å². The maximum Gasteiger partial charge on any atom is 0.307 e. The van der Waals surface area contributed by atoms with Gasteiger partial charge in [-0.15, -0.1) is 10.2 Å². The van der Waals surface area contributed by atoms with Crippen LogP contribution in [0.2, 0.25) is 0 Å². The molecule has 86 valence electrons. The number of carbonyl (C=O) groups is 1. The Labute approximate surface area is 95.9 Å². The van der Waals surface area contributed by atoms with Crippen LogP contribution in [0, 0.1) is 5.92 Å². The van der Waals surface area contributed by atoms with Crippen molar-refractivity contribution in [1.29, 1.82) is 0 Å². The van der Waals surface area contributed by atoms with E-state index in [0.29, 0.717) is 24.2 Å². The second kappa shape index (κ2) is 3.62. The van der Waals surface area contributed by atoms with Crippen molar-refractivity contribution in [2.45, 2.75) is 12.8 Å². The average molecular weight is 231 g/mol. The highest BCUT2D eigenvalue weighted by Crippen LogP contribution is 2.31. The van der Waals surface area contributed by atoms with Gasteiger partial charge in [0.1, 0.15) is 17.7 Å². The molecular formula is C10H9N5O2. The van der Waals surface area contributed by atoms with Crippen LogP contribution in [-0.4, -0.2) is 36.5 Å². The molecule has 1 aliphatic carbocycles. The number of aromatic nitrogens is 5. The summed E-state index contributed by atoms with van der Waals surface area (Å²) < 4.78 is 0. The minimum atomic E-state index is -0.780. The fourth-order valence-electron chi connectivity index (χ4n) is 2.10. The van der Waals surface area contributed by atoms with Gasteiger partial charge in [-0.05, 0) is 6.42 Å². The van der Waals surface area contributed by atoms with E-state index in [1.165, 1.54) is 6.33 Å².